The molecule has 7 nitrogen and oxygen atoms in total. The zero-order valence-electron chi connectivity index (χ0n) is 22.8. The molecular formula is C32H38N4O3. The number of hydrazone groups is 1. The first-order valence-electron chi connectivity index (χ1n) is 13.7. The fourth-order valence-corrected chi connectivity index (χ4v) is 4.71. The van der Waals surface area contributed by atoms with Crippen molar-refractivity contribution in [3.8, 4) is 5.75 Å². The molecule has 0 aliphatic carbocycles. The Kier molecular flexibility index (Phi) is 10.3. The van der Waals surface area contributed by atoms with Gasteiger partial charge in [-0.2, -0.15) is 5.10 Å². The standard InChI is InChI=1S/C32H38N4O3/c1-24(2)34-31(37)23-39-30-14-10-27(11-15-30)21-33-35-32(38)29-12-8-28(9-13-29)22-36-18-16-26(17-19-36)20-25-6-4-3-5-7-25/h3-15,21,24,26H,16-20,22-23H2,1-2H3,(H,34,37)(H,35,38)/b33-21-. The Morgan fingerprint density at radius 1 is 0.949 bits per heavy atom. The lowest BCUT2D eigenvalue weighted by atomic mass is 9.90. The van der Waals surface area contributed by atoms with Gasteiger partial charge in [0.25, 0.3) is 11.8 Å². The van der Waals surface area contributed by atoms with Crippen molar-refractivity contribution in [3.63, 3.8) is 0 Å². The maximum Gasteiger partial charge on any atom is 0.271 e. The molecule has 1 aliphatic heterocycles. The summed E-state index contributed by atoms with van der Waals surface area (Å²) in [6.45, 7) is 6.88. The number of nitrogens with zero attached hydrogens (tertiary/aromatic N) is 2. The summed E-state index contributed by atoms with van der Waals surface area (Å²) in [4.78, 5) is 26.7. The first-order chi connectivity index (χ1) is 18.9. The molecule has 0 aromatic heterocycles. The predicted octanol–water partition coefficient (Wildman–Crippen LogP) is 4.81. The molecule has 1 aliphatic rings. The molecule has 3 aromatic rings. The number of hydrogen-bond acceptors (Lipinski definition) is 5. The highest BCUT2D eigenvalue weighted by molar-refractivity contribution is 5.94. The average molecular weight is 527 g/mol. The van der Waals surface area contributed by atoms with Gasteiger partial charge in [0.15, 0.2) is 6.61 Å². The van der Waals surface area contributed by atoms with E-state index < -0.39 is 0 Å². The van der Waals surface area contributed by atoms with E-state index in [2.05, 4.69) is 51.1 Å². The topological polar surface area (TPSA) is 83.0 Å². The van der Waals surface area contributed by atoms with Crippen LogP contribution in [0.25, 0.3) is 0 Å². The van der Waals surface area contributed by atoms with Crippen LogP contribution in [0.3, 0.4) is 0 Å². The number of hydrogen-bond donors (Lipinski definition) is 2. The number of rotatable bonds is 11. The molecule has 0 spiro atoms. The summed E-state index contributed by atoms with van der Waals surface area (Å²) < 4.78 is 5.48. The average Bonchev–Trinajstić information content (AvgIpc) is 2.94. The Hall–Kier alpha value is -3.97. The summed E-state index contributed by atoms with van der Waals surface area (Å²) in [7, 11) is 0. The molecule has 204 valence electrons. The Balaban J connectivity index is 1.17. The summed E-state index contributed by atoms with van der Waals surface area (Å²) in [6, 6.07) is 25.7. The molecule has 0 saturated carbocycles. The van der Waals surface area contributed by atoms with Crippen molar-refractivity contribution in [1.82, 2.24) is 15.6 Å². The van der Waals surface area contributed by atoms with Gasteiger partial charge in [-0.3, -0.25) is 14.5 Å². The number of benzene rings is 3. The van der Waals surface area contributed by atoms with Crippen molar-refractivity contribution in [3.05, 3.63) is 101 Å². The third-order valence-electron chi connectivity index (χ3n) is 6.78. The van der Waals surface area contributed by atoms with E-state index in [-0.39, 0.29) is 24.5 Å². The molecule has 3 aromatic carbocycles. The number of piperidine rings is 1. The highest BCUT2D eigenvalue weighted by Crippen LogP contribution is 2.23. The van der Waals surface area contributed by atoms with E-state index in [1.54, 1.807) is 18.3 Å². The Morgan fingerprint density at radius 2 is 1.64 bits per heavy atom. The number of nitrogens with one attached hydrogen (secondary N) is 2. The van der Waals surface area contributed by atoms with Crippen molar-refractivity contribution < 1.29 is 14.3 Å². The van der Waals surface area contributed by atoms with E-state index in [0.29, 0.717) is 11.3 Å². The van der Waals surface area contributed by atoms with Gasteiger partial charge in [-0.1, -0.05) is 42.5 Å². The highest BCUT2D eigenvalue weighted by atomic mass is 16.5. The fourth-order valence-electron chi connectivity index (χ4n) is 4.71. The molecular weight excluding hydrogens is 488 g/mol. The van der Waals surface area contributed by atoms with Crippen LogP contribution < -0.4 is 15.5 Å². The maximum absolute atomic E-state index is 12.5. The first kappa shape index (κ1) is 28.0. The second-order valence-electron chi connectivity index (χ2n) is 10.4. The van der Waals surface area contributed by atoms with Gasteiger partial charge in [0.2, 0.25) is 0 Å². The molecule has 0 bridgehead atoms. The van der Waals surface area contributed by atoms with E-state index in [1.807, 2.05) is 50.2 Å². The van der Waals surface area contributed by atoms with E-state index in [9.17, 15) is 9.59 Å². The SMILES string of the molecule is CC(C)NC(=O)COc1ccc(/C=N\NC(=O)c2ccc(CN3CCC(Cc4ccccc4)CC3)cc2)cc1. The Bertz CT molecular complexity index is 1220. The van der Waals surface area contributed by atoms with E-state index in [4.69, 9.17) is 4.74 Å². The number of carbonyl (C=O) groups is 2. The van der Waals surface area contributed by atoms with Gasteiger partial charge in [0.05, 0.1) is 6.21 Å². The lowest BCUT2D eigenvalue weighted by Crippen LogP contribution is -2.34. The Morgan fingerprint density at radius 3 is 2.31 bits per heavy atom. The number of likely N-dealkylation sites (tertiary alicyclic amines) is 1. The zero-order chi connectivity index (χ0) is 27.5. The van der Waals surface area contributed by atoms with Gasteiger partial charge in [0, 0.05) is 18.2 Å². The van der Waals surface area contributed by atoms with Crippen LogP contribution in [-0.2, 0) is 17.8 Å². The van der Waals surface area contributed by atoms with Gasteiger partial charge >= 0.3 is 0 Å². The highest BCUT2D eigenvalue weighted by Gasteiger charge is 2.19. The van der Waals surface area contributed by atoms with Crippen molar-refractivity contribution in [2.24, 2.45) is 11.0 Å². The van der Waals surface area contributed by atoms with Crippen LogP contribution in [0.2, 0.25) is 0 Å². The number of ether oxygens (including phenoxy) is 1. The van der Waals surface area contributed by atoms with Crippen LogP contribution >= 0.6 is 0 Å². The molecule has 1 heterocycles. The largest absolute Gasteiger partial charge is 0.484 e. The summed E-state index contributed by atoms with van der Waals surface area (Å²) >= 11 is 0. The van der Waals surface area contributed by atoms with Crippen LogP contribution in [0, 0.1) is 5.92 Å². The van der Waals surface area contributed by atoms with Gasteiger partial charge in [-0.15, -0.1) is 0 Å². The quantitative estimate of drug-likeness (QED) is 0.278. The van der Waals surface area contributed by atoms with Crippen LogP contribution in [0.4, 0.5) is 0 Å². The van der Waals surface area contributed by atoms with E-state index in [1.165, 1.54) is 30.4 Å². The third-order valence-corrected chi connectivity index (χ3v) is 6.78. The summed E-state index contributed by atoms with van der Waals surface area (Å²) in [5, 5.41) is 6.85. The molecule has 1 fully saturated rings. The molecule has 0 unspecified atom stereocenters. The lowest BCUT2D eigenvalue weighted by Gasteiger charge is -2.32. The van der Waals surface area contributed by atoms with Crippen molar-refractivity contribution >= 4 is 18.0 Å². The van der Waals surface area contributed by atoms with Gasteiger partial charge in [-0.25, -0.2) is 5.43 Å². The van der Waals surface area contributed by atoms with Crippen molar-refractivity contribution in [2.45, 2.75) is 45.7 Å². The minimum atomic E-state index is -0.254. The summed E-state index contributed by atoms with van der Waals surface area (Å²) in [5.41, 5.74) is 6.60. The second-order valence-corrected chi connectivity index (χ2v) is 10.4. The molecule has 0 radical (unpaired) electrons. The molecule has 2 N–H and O–H groups in total. The molecule has 2 amide bonds. The van der Waals surface area contributed by atoms with Crippen LogP contribution in [-0.4, -0.2) is 48.7 Å². The van der Waals surface area contributed by atoms with Crippen molar-refractivity contribution in [1.29, 1.82) is 0 Å². The normalized spacial score (nSPS) is 14.4. The molecule has 1 saturated heterocycles. The summed E-state index contributed by atoms with van der Waals surface area (Å²) in [6.07, 6.45) is 5.18. The predicted molar refractivity (Wildman–Crippen MR) is 155 cm³/mol. The van der Waals surface area contributed by atoms with Crippen LogP contribution in [0.1, 0.15) is 53.7 Å². The van der Waals surface area contributed by atoms with Crippen LogP contribution in [0.5, 0.6) is 5.75 Å². The van der Waals surface area contributed by atoms with Crippen molar-refractivity contribution in [2.75, 3.05) is 19.7 Å². The minimum Gasteiger partial charge on any atom is -0.484 e. The zero-order valence-corrected chi connectivity index (χ0v) is 22.8. The molecule has 0 atom stereocenters. The molecule has 4 rings (SSSR count). The fraction of sp³-hybridized carbons (Fsp3) is 0.344. The summed E-state index contributed by atoms with van der Waals surface area (Å²) in [5.74, 6) is 0.928. The van der Waals surface area contributed by atoms with Crippen LogP contribution in [0.15, 0.2) is 84.0 Å². The minimum absolute atomic E-state index is 0.0340. The monoisotopic (exact) mass is 526 g/mol. The van der Waals surface area contributed by atoms with E-state index >= 15 is 0 Å². The van der Waals surface area contributed by atoms with Gasteiger partial charge in [0.1, 0.15) is 5.75 Å². The number of carbonyl (C=O) groups excluding carboxylic acids is 2. The smallest absolute Gasteiger partial charge is 0.271 e. The number of amides is 2. The lowest BCUT2D eigenvalue weighted by molar-refractivity contribution is -0.123. The first-order valence-corrected chi connectivity index (χ1v) is 13.7. The van der Waals surface area contributed by atoms with Gasteiger partial charge in [-0.05, 0) is 105 Å². The second kappa shape index (κ2) is 14.3. The molecule has 39 heavy (non-hydrogen) atoms. The van der Waals surface area contributed by atoms with Gasteiger partial charge < -0.3 is 10.1 Å². The third kappa shape index (κ3) is 9.37. The van der Waals surface area contributed by atoms with E-state index in [0.717, 1.165) is 31.1 Å². The molecule has 7 heteroatoms. The Labute approximate surface area is 231 Å². The maximum atomic E-state index is 12.5.